The SMILES string of the molecule is CO/N=C(\C(=O)N[C@@H]1C(=O)N2C(C(=O)[O-])=C(C[n+]3ccc4c(ccn4Cc4cc(C(=N)N)co4)c3)CS[C@H]12)c1nc(N)sc1Cl. The number of nitrogens with one attached hydrogen (secondary N) is 2. The molecule has 2 amide bonds. The molecule has 2 aliphatic rings. The molecular formula is C27H24ClN9O6S2. The van der Waals surface area contributed by atoms with Crippen molar-refractivity contribution >= 4 is 80.1 Å². The predicted molar refractivity (Wildman–Crippen MR) is 163 cm³/mol. The summed E-state index contributed by atoms with van der Waals surface area (Å²) in [4.78, 5) is 48.5. The number of nitrogens with zero attached hydrogens (tertiary/aromatic N) is 5. The maximum absolute atomic E-state index is 13.2. The number of aliphatic carboxylic acids is 1. The molecule has 6 heterocycles. The smallest absolute Gasteiger partial charge is 0.276 e. The number of pyridine rings is 1. The lowest BCUT2D eigenvalue weighted by molar-refractivity contribution is -0.687. The molecule has 6 N–H and O–H groups in total. The van der Waals surface area contributed by atoms with Crippen LogP contribution in [-0.2, 0) is 32.3 Å². The molecule has 0 spiro atoms. The van der Waals surface area contributed by atoms with Gasteiger partial charge in [-0.3, -0.25) is 19.9 Å². The van der Waals surface area contributed by atoms with Crippen LogP contribution in [0, 0.1) is 5.41 Å². The third-order valence-electron chi connectivity index (χ3n) is 7.18. The van der Waals surface area contributed by atoms with Crippen LogP contribution in [0.4, 0.5) is 5.13 Å². The van der Waals surface area contributed by atoms with Gasteiger partial charge in [-0.15, -0.1) is 11.8 Å². The zero-order chi connectivity index (χ0) is 32.0. The van der Waals surface area contributed by atoms with Gasteiger partial charge < -0.3 is 40.5 Å². The van der Waals surface area contributed by atoms with Crippen molar-refractivity contribution in [3.8, 4) is 0 Å². The second-order valence-electron chi connectivity index (χ2n) is 10.0. The number of carboxylic acid groups (broad SMARTS) is 1. The van der Waals surface area contributed by atoms with Gasteiger partial charge in [-0.25, -0.2) is 9.55 Å². The van der Waals surface area contributed by atoms with E-state index >= 15 is 0 Å². The summed E-state index contributed by atoms with van der Waals surface area (Å²) < 4.78 is 9.44. The van der Waals surface area contributed by atoms with E-state index in [0.29, 0.717) is 23.4 Å². The number of hydrogen-bond acceptors (Lipinski definition) is 12. The number of rotatable bonds is 10. The van der Waals surface area contributed by atoms with E-state index in [2.05, 4.69) is 15.5 Å². The molecule has 4 aromatic rings. The molecule has 6 rings (SSSR count). The summed E-state index contributed by atoms with van der Waals surface area (Å²) >= 11 is 8.40. The third kappa shape index (κ3) is 5.60. The molecule has 18 heteroatoms. The Labute approximate surface area is 267 Å². The lowest BCUT2D eigenvalue weighted by Gasteiger charge is -2.50. The van der Waals surface area contributed by atoms with Crippen molar-refractivity contribution in [2.24, 2.45) is 10.9 Å². The van der Waals surface area contributed by atoms with E-state index in [1.165, 1.54) is 25.1 Å². The normalized spacial score (nSPS) is 18.1. The number of fused-ring (bicyclic) bond motifs is 2. The van der Waals surface area contributed by atoms with Crippen molar-refractivity contribution in [1.29, 1.82) is 5.41 Å². The number of oxime groups is 1. The molecule has 0 unspecified atom stereocenters. The van der Waals surface area contributed by atoms with Crippen LogP contribution in [0.2, 0.25) is 4.34 Å². The first-order valence-corrected chi connectivity index (χ1v) is 15.4. The Morgan fingerprint density at radius 3 is 2.87 bits per heavy atom. The van der Waals surface area contributed by atoms with Gasteiger partial charge >= 0.3 is 0 Å². The summed E-state index contributed by atoms with van der Waals surface area (Å²) in [5.41, 5.74) is 12.6. The average Bonchev–Trinajstić information content (AvgIpc) is 3.72. The fourth-order valence-corrected chi connectivity index (χ4v) is 7.43. The second-order valence-corrected chi connectivity index (χ2v) is 12.8. The van der Waals surface area contributed by atoms with E-state index in [0.717, 1.165) is 27.1 Å². The lowest BCUT2D eigenvalue weighted by Crippen LogP contribution is -2.71. The molecule has 0 aliphatic carbocycles. The van der Waals surface area contributed by atoms with Gasteiger partial charge in [-0.1, -0.05) is 28.1 Å². The zero-order valence-electron chi connectivity index (χ0n) is 23.4. The van der Waals surface area contributed by atoms with Crippen molar-refractivity contribution in [1.82, 2.24) is 19.8 Å². The number of halogens is 1. The third-order valence-corrected chi connectivity index (χ3v) is 9.61. The Bertz CT molecular complexity index is 1950. The van der Waals surface area contributed by atoms with E-state index < -0.39 is 29.2 Å². The number of amides is 2. The number of thioether (sulfide) groups is 1. The minimum Gasteiger partial charge on any atom is -0.543 e. The number of hydrogen-bond donors (Lipinski definition) is 4. The highest BCUT2D eigenvalue weighted by Gasteiger charge is 2.53. The molecular weight excluding hydrogens is 646 g/mol. The zero-order valence-corrected chi connectivity index (χ0v) is 25.7. The number of carbonyl (C=O) groups excluding carboxylic acids is 3. The molecule has 0 bridgehead atoms. The van der Waals surface area contributed by atoms with Gasteiger partial charge in [-0.05, 0) is 12.1 Å². The maximum Gasteiger partial charge on any atom is 0.276 e. The van der Waals surface area contributed by atoms with Crippen LogP contribution in [0.3, 0.4) is 0 Å². The van der Waals surface area contributed by atoms with Crippen molar-refractivity contribution in [2.75, 3.05) is 18.6 Å². The van der Waals surface area contributed by atoms with E-state index in [1.807, 2.05) is 39.9 Å². The van der Waals surface area contributed by atoms with Gasteiger partial charge in [0.25, 0.3) is 11.8 Å². The van der Waals surface area contributed by atoms with E-state index in [-0.39, 0.29) is 44.7 Å². The van der Waals surface area contributed by atoms with Crippen molar-refractivity contribution in [3.05, 3.63) is 75.7 Å². The van der Waals surface area contributed by atoms with Crippen molar-refractivity contribution < 1.29 is 33.3 Å². The highest BCUT2D eigenvalue weighted by Crippen LogP contribution is 2.40. The van der Waals surface area contributed by atoms with E-state index in [9.17, 15) is 19.5 Å². The minimum atomic E-state index is -1.49. The van der Waals surface area contributed by atoms with Crippen LogP contribution >= 0.6 is 34.7 Å². The van der Waals surface area contributed by atoms with Crippen LogP contribution in [0.1, 0.15) is 17.0 Å². The van der Waals surface area contributed by atoms with Crippen LogP contribution in [0.5, 0.6) is 0 Å². The summed E-state index contributed by atoms with van der Waals surface area (Å²) in [5, 5.41) is 26.5. The fraction of sp³-hybridized carbons (Fsp3) is 0.222. The highest BCUT2D eigenvalue weighted by molar-refractivity contribution is 8.00. The number of aromatic nitrogens is 3. The Hall–Kier alpha value is -4.87. The largest absolute Gasteiger partial charge is 0.543 e. The fourth-order valence-electron chi connectivity index (χ4n) is 5.17. The quantitative estimate of drug-likeness (QED) is 0.0582. The lowest BCUT2D eigenvalue weighted by atomic mass is 10.0. The Kier molecular flexibility index (Phi) is 7.98. The first-order chi connectivity index (χ1) is 21.5. The molecule has 232 valence electrons. The van der Waals surface area contributed by atoms with Gasteiger partial charge in [0.05, 0.1) is 34.7 Å². The summed E-state index contributed by atoms with van der Waals surface area (Å²) in [7, 11) is 1.24. The molecule has 1 saturated heterocycles. The number of carboxylic acids is 1. The molecule has 0 radical (unpaired) electrons. The molecule has 0 aromatic carbocycles. The number of furan rings is 1. The summed E-state index contributed by atoms with van der Waals surface area (Å²) in [6.45, 7) is 0.622. The van der Waals surface area contributed by atoms with Crippen LogP contribution in [-0.4, -0.2) is 68.1 Å². The van der Waals surface area contributed by atoms with Crippen LogP contribution in [0.15, 0.2) is 63.9 Å². The Morgan fingerprint density at radius 2 is 2.20 bits per heavy atom. The summed E-state index contributed by atoms with van der Waals surface area (Å²) in [6.07, 6.45) is 7.02. The predicted octanol–water partition coefficient (Wildman–Crippen LogP) is 0.000870. The number of nitrogen functional groups attached to an aromatic ring is 2. The maximum atomic E-state index is 13.2. The van der Waals surface area contributed by atoms with Gasteiger partial charge in [0, 0.05) is 23.6 Å². The van der Waals surface area contributed by atoms with Gasteiger partial charge in [0.1, 0.15) is 46.4 Å². The first-order valence-electron chi connectivity index (χ1n) is 13.2. The van der Waals surface area contributed by atoms with Crippen molar-refractivity contribution in [2.45, 2.75) is 24.5 Å². The molecule has 0 saturated carbocycles. The summed E-state index contributed by atoms with van der Waals surface area (Å²) in [5.74, 6) is -2.04. The molecule has 2 aliphatic heterocycles. The van der Waals surface area contributed by atoms with Gasteiger partial charge in [-0.2, -0.15) is 0 Å². The molecule has 2 atom stereocenters. The van der Waals surface area contributed by atoms with Gasteiger partial charge in [0.15, 0.2) is 29.8 Å². The second kappa shape index (κ2) is 11.9. The Balaban J connectivity index is 1.18. The molecule has 1 fully saturated rings. The monoisotopic (exact) mass is 669 g/mol. The highest BCUT2D eigenvalue weighted by atomic mass is 35.5. The average molecular weight is 670 g/mol. The van der Waals surface area contributed by atoms with Crippen LogP contribution < -0.4 is 26.5 Å². The van der Waals surface area contributed by atoms with Crippen LogP contribution in [0.25, 0.3) is 10.9 Å². The number of amidine groups is 1. The first kappa shape index (κ1) is 30.2. The number of anilines is 1. The topological polar surface area (TPSA) is 222 Å². The number of nitrogens with two attached hydrogens (primary N) is 2. The van der Waals surface area contributed by atoms with Crippen molar-refractivity contribution in [3.63, 3.8) is 0 Å². The molecule has 45 heavy (non-hydrogen) atoms. The number of thiazole rings is 1. The van der Waals surface area contributed by atoms with Gasteiger partial charge in [0.2, 0.25) is 0 Å². The molecule has 15 nitrogen and oxygen atoms in total. The van der Waals surface area contributed by atoms with E-state index in [1.54, 1.807) is 6.07 Å². The Morgan fingerprint density at radius 1 is 1.40 bits per heavy atom. The number of carbonyl (C=O) groups is 3. The van der Waals surface area contributed by atoms with E-state index in [4.69, 9.17) is 37.7 Å². The minimum absolute atomic E-state index is 0.00321. The number of β-lactam (4-membered cyclic amide) rings is 1. The standard InChI is InChI=1S/C27H24ClN9O6S2/c1-42-34-18(17-21(28)45-27(31)33-17)23(38)32-19-24(39)37-20(26(40)41)14(11-44-25(19)37)8-35-4-3-16-12(7-35)2-5-36(16)9-15-6-13(10-43-15)22(29)30/h2-7,10,19,25H,8-9,11H2,1H3,(H6-,29,30,31,32,33,38,40,41)/b34-18-/t19-,25-/m1/s1. The summed E-state index contributed by atoms with van der Waals surface area (Å²) in [6, 6.07) is 4.50. The molecule has 4 aromatic heterocycles.